The number of rotatable bonds is 5. The molecule has 3 heterocycles. The van der Waals surface area contributed by atoms with Crippen LogP contribution in [0.5, 0.6) is 5.75 Å². The summed E-state index contributed by atoms with van der Waals surface area (Å²) in [6.07, 6.45) is 3.70. The Morgan fingerprint density at radius 3 is 2.80 bits per heavy atom. The van der Waals surface area contributed by atoms with Crippen LogP contribution in [0.2, 0.25) is 0 Å². The third-order valence-corrected chi connectivity index (χ3v) is 5.21. The van der Waals surface area contributed by atoms with Crippen LogP contribution in [0, 0.1) is 5.82 Å². The number of H-pyrrole nitrogens is 1. The van der Waals surface area contributed by atoms with Crippen molar-refractivity contribution in [1.29, 1.82) is 0 Å². The van der Waals surface area contributed by atoms with E-state index in [1.165, 1.54) is 18.2 Å². The Morgan fingerprint density at radius 1 is 1.17 bits per heavy atom. The average Bonchev–Trinajstić information content (AvgIpc) is 3.42. The van der Waals surface area contributed by atoms with Crippen LogP contribution >= 0.6 is 0 Å². The van der Waals surface area contributed by atoms with Gasteiger partial charge < -0.3 is 14.5 Å². The Morgan fingerprint density at radius 2 is 2.03 bits per heavy atom. The average molecular weight is 405 g/mol. The number of nitrogens with one attached hydrogen (secondary N) is 1. The number of imidazole rings is 1. The van der Waals surface area contributed by atoms with Gasteiger partial charge in [0.2, 0.25) is 0 Å². The van der Waals surface area contributed by atoms with Crippen molar-refractivity contribution in [1.82, 2.24) is 14.5 Å². The molecule has 0 saturated carbocycles. The van der Waals surface area contributed by atoms with Gasteiger partial charge in [0.15, 0.2) is 0 Å². The van der Waals surface area contributed by atoms with Crippen LogP contribution in [0.25, 0.3) is 16.7 Å². The smallest absolute Gasteiger partial charge is 0.258 e. The van der Waals surface area contributed by atoms with Gasteiger partial charge in [-0.25, -0.2) is 9.37 Å². The zero-order valence-corrected chi connectivity index (χ0v) is 16.2. The van der Waals surface area contributed by atoms with Gasteiger partial charge in [0.1, 0.15) is 30.1 Å². The number of ether oxygens (including phenoxy) is 2. The van der Waals surface area contributed by atoms with Crippen LogP contribution in [-0.2, 0) is 11.3 Å². The number of hydrogen-bond acceptors (Lipinski definition) is 4. The molecule has 2 aromatic carbocycles. The molecule has 1 aliphatic rings. The molecule has 2 aromatic heterocycles. The molecule has 1 atom stereocenters. The molecule has 6 nitrogen and oxygen atoms in total. The molecule has 1 N–H and O–H groups in total. The summed E-state index contributed by atoms with van der Waals surface area (Å²) in [5.74, 6) is 0.999. The summed E-state index contributed by atoms with van der Waals surface area (Å²) in [6, 6.07) is 14.9. The van der Waals surface area contributed by atoms with E-state index in [0.29, 0.717) is 5.75 Å². The van der Waals surface area contributed by atoms with Gasteiger partial charge in [-0.15, -0.1) is 0 Å². The fourth-order valence-corrected chi connectivity index (χ4v) is 3.62. The molecule has 1 unspecified atom stereocenters. The van der Waals surface area contributed by atoms with Crippen LogP contribution in [0.4, 0.5) is 4.39 Å². The third-order valence-electron chi connectivity index (χ3n) is 5.21. The van der Waals surface area contributed by atoms with E-state index >= 15 is 0 Å². The molecular weight excluding hydrogens is 385 g/mol. The second kappa shape index (κ2) is 7.76. The van der Waals surface area contributed by atoms with Crippen LogP contribution in [0.3, 0.4) is 0 Å². The highest BCUT2D eigenvalue weighted by Gasteiger charge is 2.21. The molecule has 0 aliphatic carbocycles. The minimum Gasteiger partial charge on any atom is -0.489 e. The van der Waals surface area contributed by atoms with E-state index in [-0.39, 0.29) is 24.1 Å². The number of pyridine rings is 1. The molecule has 1 aliphatic heterocycles. The topological polar surface area (TPSA) is 69.1 Å². The first-order valence-corrected chi connectivity index (χ1v) is 9.87. The normalized spacial score (nSPS) is 16.2. The van der Waals surface area contributed by atoms with Gasteiger partial charge in [-0.2, -0.15) is 0 Å². The van der Waals surface area contributed by atoms with Crippen molar-refractivity contribution in [3.8, 4) is 11.4 Å². The molecule has 0 radical (unpaired) electrons. The number of halogens is 1. The number of aromatic amines is 1. The molecule has 152 valence electrons. The van der Waals surface area contributed by atoms with Gasteiger partial charge in [0.05, 0.1) is 16.7 Å². The summed E-state index contributed by atoms with van der Waals surface area (Å²) < 4.78 is 25.9. The van der Waals surface area contributed by atoms with Crippen LogP contribution in [0.1, 0.15) is 30.3 Å². The quantitative estimate of drug-likeness (QED) is 0.538. The van der Waals surface area contributed by atoms with E-state index in [0.717, 1.165) is 47.6 Å². The first kappa shape index (κ1) is 18.6. The Balaban J connectivity index is 1.36. The van der Waals surface area contributed by atoms with E-state index in [1.807, 2.05) is 18.2 Å². The highest BCUT2D eigenvalue weighted by atomic mass is 19.1. The molecule has 0 amide bonds. The standard InChI is InChI=1S/C23H20FN3O3/c24-16-5-3-15(4-6-16)14-30-18-9-10-27(22(28)13-18)17-7-8-19-20(12-17)26-23(25-19)21-2-1-11-29-21/h3-10,12-13,21H,1-2,11,14H2,(H,25,26). The summed E-state index contributed by atoms with van der Waals surface area (Å²) in [6.45, 7) is 1.02. The molecule has 0 spiro atoms. The van der Waals surface area contributed by atoms with E-state index in [4.69, 9.17) is 9.47 Å². The van der Waals surface area contributed by atoms with Crippen molar-refractivity contribution in [2.45, 2.75) is 25.6 Å². The maximum Gasteiger partial charge on any atom is 0.258 e. The minimum absolute atomic E-state index is 0.0149. The van der Waals surface area contributed by atoms with Crippen molar-refractivity contribution in [2.75, 3.05) is 6.61 Å². The number of nitrogens with zero attached hydrogens (tertiary/aromatic N) is 2. The fraction of sp³-hybridized carbons (Fsp3) is 0.217. The highest BCUT2D eigenvalue weighted by molar-refractivity contribution is 5.77. The maximum absolute atomic E-state index is 13.0. The second-order valence-electron chi connectivity index (χ2n) is 7.31. The number of benzene rings is 2. The summed E-state index contributed by atoms with van der Waals surface area (Å²) in [5, 5.41) is 0. The first-order valence-electron chi connectivity index (χ1n) is 9.87. The SMILES string of the molecule is O=c1cc(OCc2ccc(F)cc2)ccn1-c1ccc2nc(C3CCCO3)[nH]c2c1. The fourth-order valence-electron chi connectivity index (χ4n) is 3.62. The van der Waals surface area contributed by atoms with Crippen LogP contribution in [-0.4, -0.2) is 21.1 Å². The Bertz CT molecular complexity index is 1240. The summed E-state index contributed by atoms with van der Waals surface area (Å²) in [4.78, 5) is 20.6. The number of hydrogen-bond donors (Lipinski definition) is 1. The molecule has 1 fully saturated rings. The second-order valence-corrected chi connectivity index (χ2v) is 7.31. The number of aromatic nitrogens is 3. The van der Waals surface area contributed by atoms with Gasteiger partial charge in [0.25, 0.3) is 5.56 Å². The van der Waals surface area contributed by atoms with Crippen molar-refractivity contribution in [3.05, 3.63) is 88.4 Å². The molecular formula is C23H20FN3O3. The van der Waals surface area contributed by atoms with Crippen molar-refractivity contribution in [2.24, 2.45) is 0 Å². The van der Waals surface area contributed by atoms with Crippen molar-refractivity contribution in [3.63, 3.8) is 0 Å². The predicted octanol–water partition coefficient (Wildman–Crippen LogP) is 4.28. The summed E-state index contributed by atoms with van der Waals surface area (Å²) in [5.41, 5.74) is 3.07. The first-order chi connectivity index (χ1) is 14.7. The van der Waals surface area contributed by atoms with Gasteiger partial charge in [-0.3, -0.25) is 9.36 Å². The van der Waals surface area contributed by atoms with Gasteiger partial charge in [-0.1, -0.05) is 12.1 Å². The monoisotopic (exact) mass is 405 g/mol. The lowest BCUT2D eigenvalue weighted by molar-refractivity contribution is 0.106. The van der Waals surface area contributed by atoms with Crippen molar-refractivity contribution < 1.29 is 13.9 Å². The lowest BCUT2D eigenvalue weighted by Gasteiger charge is -2.09. The largest absolute Gasteiger partial charge is 0.489 e. The lowest BCUT2D eigenvalue weighted by Crippen LogP contribution is -2.16. The minimum atomic E-state index is -0.293. The maximum atomic E-state index is 13.0. The van der Waals surface area contributed by atoms with Crippen LogP contribution < -0.4 is 10.3 Å². The molecule has 5 rings (SSSR count). The number of fused-ring (bicyclic) bond motifs is 1. The summed E-state index contributed by atoms with van der Waals surface area (Å²) in [7, 11) is 0. The molecule has 7 heteroatoms. The summed E-state index contributed by atoms with van der Waals surface area (Å²) >= 11 is 0. The lowest BCUT2D eigenvalue weighted by atomic mass is 10.2. The molecule has 30 heavy (non-hydrogen) atoms. The zero-order valence-electron chi connectivity index (χ0n) is 16.2. The van der Waals surface area contributed by atoms with E-state index in [2.05, 4.69) is 9.97 Å². The van der Waals surface area contributed by atoms with Gasteiger partial charge in [0, 0.05) is 18.9 Å². The molecule has 1 saturated heterocycles. The molecule has 4 aromatic rings. The van der Waals surface area contributed by atoms with E-state index in [1.54, 1.807) is 29.0 Å². The highest BCUT2D eigenvalue weighted by Crippen LogP contribution is 2.28. The zero-order chi connectivity index (χ0) is 20.5. The Hall–Kier alpha value is -3.45. The Labute approximate surface area is 171 Å². The van der Waals surface area contributed by atoms with E-state index < -0.39 is 0 Å². The van der Waals surface area contributed by atoms with Gasteiger partial charge in [-0.05, 0) is 54.8 Å². The van der Waals surface area contributed by atoms with Gasteiger partial charge >= 0.3 is 0 Å². The van der Waals surface area contributed by atoms with Crippen molar-refractivity contribution >= 4 is 11.0 Å². The van der Waals surface area contributed by atoms with E-state index in [9.17, 15) is 9.18 Å². The molecule has 0 bridgehead atoms. The predicted molar refractivity (Wildman–Crippen MR) is 110 cm³/mol. The Kier molecular flexibility index (Phi) is 4.80. The van der Waals surface area contributed by atoms with Crippen LogP contribution in [0.15, 0.2) is 65.6 Å². The third kappa shape index (κ3) is 3.71.